The van der Waals surface area contributed by atoms with Crippen LogP contribution >= 0.6 is 0 Å². The van der Waals surface area contributed by atoms with E-state index < -0.39 is 5.60 Å². The first kappa shape index (κ1) is 18.5. The molecule has 0 heterocycles. The van der Waals surface area contributed by atoms with Crippen molar-refractivity contribution in [2.45, 2.75) is 83.8 Å². The van der Waals surface area contributed by atoms with Crippen LogP contribution < -0.4 is 0 Å². The third-order valence-electron chi connectivity index (χ3n) is 9.25. The Morgan fingerprint density at radius 1 is 1.15 bits per heavy atom. The SMILES string of the molecule is CO[C@H]1CC2(C)/C(=C\C#N)CC[C@H]2C2CC[C@H]3C[C@](C)(O)CCC3(C)[C@H]21. The van der Waals surface area contributed by atoms with Crippen molar-refractivity contribution < 1.29 is 9.84 Å². The van der Waals surface area contributed by atoms with E-state index >= 15 is 0 Å². The van der Waals surface area contributed by atoms with E-state index in [9.17, 15) is 10.4 Å². The Balaban J connectivity index is 1.71. The summed E-state index contributed by atoms with van der Waals surface area (Å²) in [5.41, 5.74) is 1.30. The maximum atomic E-state index is 10.7. The van der Waals surface area contributed by atoms with Crippen LogP contribution in [0.4, 0.5) is 0 Å². The van der Waals surface area contributed by atoms with Crippen molar-refractivity contribution in [1.82, 2.24) is 0 Å². The average molecular weight is 358 g/mol. The Morgan fingerprint density at radius 3 is 2.62 bits per heavy atom. The minimum Gasteiger partial charge on any atom is -0.390 e. The monoisotopic (exact) mass is 357 g/mol. The van der Waals surface area contributed by atoms with Crippen LogP contribution in [0.25, 0.3) is 0 Å². The maximum absolute atomic E-state index is 10.7. The Bertz CT molecular complexity index is 647. The summed E-state index contributed by atoms with van der Waals surface area (Å²) in [7, 11) is 1.89. The topological polar surface area (TPSA) is 53.2 Å². The summed E-state index contributed by atoms with van der Waals surface area (Å²) in [5, 5.41) is 19.9. The van der Waals surface area contributed by atoms with Gasteiger partial charge in [-0.25, -0.2) is 0 Å². The van der Waals surface area contributed by atoms with E-state index in [2.05, 4.69) is 19.9 Å². The molecule has 1 N–H and O–H groups in total. The summed E-state index contributed by atoms with van der Waals surface area (Å²) >= 11 is 0. The minimum atomic E-state index is -0.487. The van der Waals surface area contributed by atoms with Gasteiger partial charge in [0.2, 0.25) is 0 Å². The number of ether oxygens (including phenoxy) is 1. The normalized spacial score (nSPS) is 54.9. The van der Waals surface area contributed by atoms with Gasteiger partial charge in [-0.3, -0.25) is 0 Å². The van der Waals surface area contributed by atoms with Crippen LogP contribution in [0.5, 0.6) is 0 Å². The van der Waals surface area contributed by atoms with Gasteiger partial charge in [0.25, 0.3) is 0 Å². The van der Waals surface area contributed by atoms with Gasteiger partial charge in [0.15, 0.2) is 0 Å². The molecule has 0 saturated heterocycles. The molecule has 0 aromatic heterocycles. The number of methoxy groups -OCH3 is 1. The van der Waals surface area contributed by atoms with E-state index in [1.807, 2.05) is 20.1 Å². The van der Waals surface area contributed by atoms with Gasteiger partial charge >= 0.3 is 0 Å². The molecule has 0 bridgehead atoms. The van der Waals surface area contributed by atoms with Crippen molar-refractivity contribution in [2.75, 3.05) is 7.11 Å². The van der Waals surface area contributed by atoms with Gasteiger partial charge in [-0.05, 0) is 92.8 Å². The Hall–Kier alpha value is -0.850. The van der Waals surface area contributed by atoms with Crippen LogP contribution in [0.3, 0.4) is 0 Å². The molecule has 4 saturated carbocycles. The fourth-order valence-electron chi connectivity index (χ4n) is 7.91. The van der Waals surface area contributed by atoms with Gasteiger partial charge < -0.3 is 9.84 Å². The number of aliphatic hydroxyl groups is 1. The molecule has 0 radical (unpaired) electrons. The standard InChI is InChI=1S/C23H35NO2/c1-21(25)10-11-22(2)16(13-21)5-7-17-18-8-6-15(9-12-24)23(18,3)14-19(26-4)20(17)22/h9,16-20,25H,5-8,10-11,13-14H2,1-4H3/b15-9-/t16-,17?,18-,19-,20+,21+,22?,23?/m0/s1. The van der Waals surface area contributed by atoms with Crippen LogP contribution in [-0.2, 0) is 4.74 Å². The van der Waals surface area contributed by atoms with E-state index in [4.69, 9.17) is 4.74 Å². The number of fused-ring (bicyclic) bond motifs is 5. The summed E-state index contributed by atoms with van der Waals surface area (Å²) in [5.74, 6) is 2.61. The van der Waals surface area contributed by atoms with E-state index in [0.717, 1.165) is 32.1 Å². The molecule has 3 heteroatoms. The van der Waals surface area contributed by atoms with E-state index in [0.29, 0.717) is 23.7 Å². The minimum absolute atomic E-state index is 0.140. The number of nitrogens with zero attached hydrogens (tertiary/aromatic N) is 1. The Morgan fingerprint density at radius 2 is 1.92 bits per heavy atom. The fraction of sp³-hybridized carbons (Fsp3) is 0.870. The average Bonchev–Trinajstić information content (AvgIpc) is 2.91. The molecule has 3 unspecified atom stereocenters. The number of allylic oxidation sites excluding steroid dienone is 2. The Labute approximate surface area is 158 Å². The number of rotatable bonds is 1. The second kappa shape index (κ2) is 6.08. The van der Waals surface area contributed by atoms with E-state index in [1.54, 1.807) is 0 Å². The lowest BCUT2D eigenvalue weighted by atomic mass is 9.43. The number of hydrogen-bond donors (Lipinski definition) is 1. The highest BCUT2D eigenvalue weighted by atomic mass is 16.5. The molecule has 3 nitrogen and oxygen atoms in total. The van der Waals surface area contributed by atoms with Crippen LogP contribution in [0, 0.1) is 45.8 Å². The van der Waals surface area contributed by atoms with Crippen LogP contribution in [0.1, 0.15) is 72.1 Å². The molecule has 0 aromatic carbocycles. The number of nitriles is 1. The summed E-state index contributed by atoms with van der Waals surface area (Å²) in [6.45, 7) is 6.93. The van der Waals surface area contributed by atoms with Crippen molar-refractivity contribution in [3.05, 3.63) is 11.6 Å². The first-order valence-electron chi connectivity index (χ1n) is 10.6. The molecular weight excluding hydrogens is 322 g/mol. The van der Waals surface area contributed by atoms with Crippen LogP contribution in [0.2, 0.25) is 0 Å². The summed E-state index contributed by atoms with van der Waals surface area (Å²) in [6.07, 6.45) is 11.0. The highest BCUT2D eigenvalue weighted by Gasteiger charge is 2.63. The van der Waals surface area contributed by atoms with Crippen molar-refractivity contribution >= 4 is 0 Å². The summed E-state index contributed by atoms with van der Waals surface area (Å²) in [6, 6.07) is 2.30. The Kier molecular flexibility index (Phi) is 4.33. The molecule has 4 rings (SSSR count). The predicted molar refractivity (Wildman–Crippen MR) is 102 cm³/mol. The molecule has 4 fully saturated rings. The van der Waals surface area contributed by atoms with Crippen molar-refractivity contribution in [1.29, 1.82) is 5.26 Å². The van der Waals surface area contributed by atoms with E-state index in [1.165, 1.54) is 24.8 Å². The summed E-state index contributed by atoms with van der Waals surface area (Å²) in [4.78, 5) is 0. The molecular formula is C23H35NO2. The number of hydrogen-bond acceptors (Lipinski definition) is 3. The first-order chi connectivity index (χ1) is 12.2. The lowest BCUT2D eigenvalue weighted by Crippen LogP contribution is -2.59. The molecule has 0 aromatic rings. The first-order valence-corrected chi connectivity index (χ1v) is 10.6. The largest absolute Gasteiger partial charge is 0.390 e. The molecule has 8 atom stereocenters. The maximum Gasteiger partial charge on any atom is 0.0911 e. The molecule has 144 valence electrons. The predicted octanol–water partition coefficient (Wildman–Crippen LogP) is 4.85. The molecule has 26 heavy (non-hydrogen) atoms. The van der Waals surface area contributed by atoms with Gasteiger partial charge in [-0.15, -0.1) is 0 Å². The zero-order valence-corrected chi connectivity index (χ0v) is 16.9. The molecule has 4 aliphatic carbocycles. The second-order valence-electron chi connectivity index (χ2n) is 10.5. The zero-order valence-electron chi connectivity index (χ0n) is 16.9. The summed E-state index contributed by atoms with van der Waals surface area (Å²) < 4.78 is 6.15. The lowest BCUT2D eigenvalue weighted by molar-refractivity contribution is -0.186. The highest BCUT2D eigenvalue weighted by Crippen LogP contribution is 2.68. The van der Waals surface area contributed by atoms with Crippen molar-refractivity contribution in [2.24, 2.45) is 34.5 Å². The third-order valence-corrected chi connectivity index (χ3v) is 9.25. The van der Waals surface area contributed by atoms with Crippen LogP contribution in [-0.4, -0.2) is 23.9 Å². The van der Waals surface area contributed by atoms with Gasteiger partial charge in [0.1, 0.15) is 0 Å². The van der Waals surface area contributed by atoms with Gasteiger partial charge in [0.05, 0.1) is 17.8 Å². The van der Waals surface area contributed by atoms with E-state index in [-0.39, 0.29) is 16.9 Å². The highest BCUT2D eigenvalue weighted by molar-refractivity contribution is 5.29. The second-order valence-corrected chi connectivity index (χ2v) is 10.5. The molecule has 4 aliphatic rings. The third kappa shape index (κ3) is 2.52. The quantitative estimate of drug-likeness (QED) is 0.682. The van der Waals surface area contributed by atoms with Crippen molar-refractivity contribution in [3.63, 3.8) is 0 Å². The zero-order chi connectivity index (χ0) is 18.7. The molecule has 0 aliphatic heterocycles. The lowest BCUT2D eigenvalue weighted by Gasteiger charge is -2.63. The smallest absolute Gasteiger partial charge is 0.0911 e. The fourth-order valence-corrected chi connectivity index (χ4v) is 7.91. The molecule has 0 amide bonds. The van der Waals surface area contributed by atoms with Crippen LogP contribution in [0.15, 0.2) is 11.6 Å². The van der Waals surface area contributed by atoms with Crippen molar-refractivity contribution in [3.8, 4) is 6.07 Å². The van der Waals surface area contributed by atoms with Gasteiger partial charge in [-0.1, -0.05) is 19.4 Å². The van der Waals surface area contributed by atoms with Gasteiger partial charge in [0, 0.05) is 13.2 Å². The van der Waals surface area contributed by atoms with Gasteiger partial charge in [-0.2, -0.15) is 5.26 Å². The molecule has 0 spiro atoms.